The molecule has 29 heavy (non-hydrogen) atoms. The van der Waals surface area contributed by atoms with Crippen LogP contribution in [0.25, 0.3) is 0 Å². The van der Waals surface area contributed by atoms with Gasteiger partial charge >= 0.3 is 11.9 Å². The summed E-state index contributed by atoms with van der Waals surface area (Å²) in [6, 6.07) is 6.87. The Bertz CT molecular complexity index is 716. The fourth-order valence-corrected chi connectivity index (χ4v) is 6.34. The molecule has 4 aliphatic carbocycles. The molecule has 0 aliphatic heterocycles. The van der Waals surface area contributed by atoms with Crippen molar-refractivity contribution in [3.05, 3.63) is 35.4 Å². The monoisotopic (exact) mass is 398 g/mol. The molecule has 4 saturated carbocycles. The van der Waals surface area contributed by atoms with Crippen LogP contribution in [-0.2, 0) is 9.47 Å². The van der Waals surface area contributed by atoms with E-state index in [-0.39, 0.29) is 5.41 Å². The smallest absolute Gasteiger partial charge is 0.339 e. The zero-order valence-corrected chi connectivity index (χ0v) is 17.8. The molecule has 0 atom stereocenters. The SMILES string of the molecule is CC(C)CCCOC(=O)c1ccccc1C(=O)OCC12CC3CC(CC(C3)C1)C2. The van der Waals surface area contributed by atoms with Crippen LogP contribution in [0.4, 0.5) is 0 Å². The third-order valence-corrected chi connectivity index (χ3v) is 7.20. The number of benzene rings is 1. The first-order valence-electron chi connectivity index (χ1n) is 11.4. The first-order chi connectivity index (χ1) is 13.9. The van der Waals surface area contributed by atoms with Crippen LogP contribution in [0, 0.1) is 29.1 Å². The van der Waals surface area contributed by atoms with E-state index in [1.165, 1.54) is 38.5 Å². The quantitative estimate of drug-likeness (QED) is 0.419. The van der Waals surface area contributed by atoms with Crippen LogP contribution in [0.3, 0.4) is 0 Å². The van der Waals surface area contributed by atoms with Crippen LogP contribution in [0.5, 0.6) is 0 Å². The van der Waals surface area contributed by atoms with E-state index >= 15 is 0 Å². The predicted octanol–water partition coefficient (Wildman–Crippen LogP) is 5.65. The van der Waals surface area contributed by atoms with Gasteiger partial charge in [-0.05, 0) is 87.2 Å². The average molecular weight is 399 g/mol. The van der Waals surface area contributed by atoms with Gasteiger partial charge in [-0.25, -0.2) is 9.59 Å². The van der Waals surface area contributed by atoms with Gasteiger partial charge in [-0.2, -0.15) is 0 Å². The molecule has 4 fully saturated rings. The minimum Gasteiger partial charge on any atom is -0.462 e. The molecule has 4 heteroatoms. The second kappa shape index (κ2) is 8.49. The first kappa shape index (κ1) is 20.4. The Hall–Kier alpha value is -1.84. The summed E-state index contributed by atoms with van der Waals surface area (Å²) in [5.41, 5.74) is 0.815. The van der Waals surface area contributed by atoms with Crippen molar-refractivity contribution in [3.63, 3.8) is 0 Å². The zero-order chi connectivity index (χ0) is 20.4. The van der Waals surface area contributed by atoms with Crippen molar-refractivity contribution >= 4 is 11.9 Å². The lowest BCUT2D eigenvalue weighted by molar-refractivity contribution is -0.0848. The summed E-state index contributed by atoms with van der Waals surface area (Å²) >= 11 is 0. The second-order valence-corrected chi connectivity index (χ2v) is 10.2. The van der Waals surface area contributed by atoms with E-state index in [0.717, 1.165) is 30.6 Å². The van der Waals surface area contributed by atoms with Crippen LogP contribution in [0.2, 0.25) is 0 Å². The third-order valence-electron chi connectivity index (χ3n) is 7.20. The lowest BCUT2D eigenvalue weighted by atomic mass is 9.50. The average Bonchev–Trinajstić information content (AvgIpc) is 2.68. The zero-order valence-electron chi connectivity index (χ0n) is 17.8. The molecular formula is C25H34O4. The predicted molar refractivity (Wildman–Crippen MR) is 112 cm³/mol. The van der Waals surface area contributed by atoms with E-state index in [2.05, 4.69) is 13.8 Å². The number of hydrogen-bond acceptors (Lipinski definition) is 4. The highest BCUT2D eigenvalue weighted by atomic mass is 16.5. The third kappa shape index (κ3) is 4.67. The topological polar surface area (TPSA) is 52.6 Å². The van der Waals surface area contributed by atoms with Crippen LogP contribution < -0.4 is 0 Å². The molecule has 5 rings (SSSR count). The number of hydrogen-bond donors (Lipinski definition) is 0. The normalized spacial score (nSPS) is 29.8. The lowest BCUT2D eigenvalue weighted by Gasteiger charge is -2.56. The van der Waals surface area contributed by atoms with E-state index in [1.807, 2.05) is 0 Å². The summed E-state index contributed by atoms with van der Waals surface area (Å²) in [6.45, 7) is 5.18. The molecule has 0 aromatic heterocycles. The Kier molecular flexibility index (Phi) is 5.98. The van der Waals surface area contributed by atoms with Gasteiger partial charge in [0.05, 0.1) is 24.3 Å². The largest absolute Gasteiger partial charge is 0.462 e. The summed E-state index contributed by atoms with van der Waals surface area (Å²) < 4.78 is 11.2. The fourth-order valence-electron chi connectivity index (χ4n) is 6.34. The van der Waals surface area contributed by atoms with Crippen molar-refractivity contribution < 1.29 is 19.1 Å². The van der Waals surface area contributed by atoms with Crippen molar-refractivity contribution in [2.45, 2.75) is 65.2 Å². The maximum Gasteiger partial charge on any atom is 0.339 e. The van der Waals surface area contributed by atoms with Gasteiger partial charge in [0.15, 0.2) is 0 Å². The number of carbonyl (C=O) groups is 2. The Balaban J connectivity index is 1.36. The summed E-state index contributed by atoms with van der Waals surface area (Å²) in [4.78, 5) is 25.4. The number of rotatable bonds is 8. The standard InChI is InChI=1S/C25H34O4/c1-17(2)6-5-9-28-23(26)21-7-3-4-8-22(21)24(27)29-16-25-13-18-10-19(14-25)12-20(11-18)15-25/h3-4,7-8,17-20H,5-6,9-16H2,1-2H3. The number of ether oxygens (including phenoxy) is 2. The highest BCUT2D eigenvalue weighted by Gasteiger charge is 2.51. The van der Waals surface area contributed by atoms with Crippen molar-refractivity contribution in [2.75, 3.05) is 13.2 Å². The van der Waals surface area contributed by atoms with Gasteiger partial charge in [0.2, 0.25) is 0 Å². The van der Waals surface area contributed by atoms with Gasteiger partial charge < -0.3 is 9.47 Å². The Morgan fingerprint density at radius 2 is 1.45 bits per heavy atom. The van der Waals surface area contributed by atoms with Crippen LogP contribution >= 0.6 is 0 Å². The fraction of sp³-hybridized carbons (Fsp3) is 0.680. The van der Waals surface area contributed by atoms with Crippen LogP contribution in [0.15, 0.2) is 24.3 Å². The number of esters is 2. The summed E-state index contributed by atoms with van der Waals surface area (Å²) in [5, 5.41) is 0. The van der Waals surface area contributed by atoms with E-state index in [9.17, 15) is 9.59 Å². The molecular weight excluding hydrogens is 364 g/mol. The van der Waals surface area contributed by atoms with Gasteiger partial charge in [0.25, 0.3) is 0 Å². The molecule has 0 heterocycles. The van der Waals surface area contributed by atoms with Crippen molar-refractivity contribution in [2.24, 2.45) is 29.1 Å². The van der Waals surface area contributed by atoms with Gasteiger partial charge in [-0.1, -0.05) is 26.0 Å². The van der Waals surface area contributed by atoms with Gasteiger partial charge in [-0.15, -0.1) is 0 Å². The van der Waals surface area contributed by atoms with Crippen LogP contribution in [-0.4, -0.2) is 25.2 Å². The molecule has 0 spiro atoms. The molecule has 0 N–H and O–H groups in total. The van der Waals surface area contributed by atoms with E-state index in [4.69, 9.17) is 9.47 Å². The maximum absolute atomic E-state index is 12.9. The highest BCUT2D eigenvalue weighted by molar-refractivity contribution is 6.03. The van der Waals surface area contributed by atoms with Gasteiger partial charge in [-0.3, -0.25) is 0 Å². The number of carbonyl (C=O) groups excluding carboxylic acids is 2. The van der Waals surface area contributed by atoms with Crippen molar-refractivity contribution in [3.8, 4) is 0 Å². The Labute approximate surface area is 174 Å². The molecule has 0 amide bonds. The second-order valence-electron chi connectivity index (χ2n) is 10.2. The van der Waals surface area contributed by atoms with E-state index < -0.39 is 11.9 Å². The molecule has 4 bridgehead atoms. The lowest BCUT2D eigenvalue weighted by Crippen LogP contribution is -2.48. The summed E-state index contributed by atoms with van der Waals surface area (Å²) in [7, 11) is 0. The Morgan fingerprint density at radius 3 is 1.97 bits per heavy atom. The molecule has 158 valence electrons. The van der Waals surface area contributed by atoms with Crippen molar-refractivity contribution in [1.82, 2.24) is 0 Å². The van der Waals surface area contributed by atoms with E-state index in [0.29, 0.717) is 30.3 Å². The minimum absolute atomic E-state index is 0.177. The van der Waals surface area contributed by atoms with E-state index in [1.54, 1.807) is 24.3 Å². The molecule has 0 saturated heterocycles. The molecule has 4 nitrogen and oxygen atoms in total. The maximum atomic E-state index is 12.9. The molecule has 0 radical (unpaired) electrons. The summed E-state index contributed by atoms with van der Waals surface area (Å²) in [5.74, 6) is 2.24. The molecule has 0 unspecified atom stereocenters. The van der Waals surface area contributed by atoms with Crippen LogP contribution in [0.1, 0.15) is 85.9 Å². The molecule has 1 aromatic carbocycles. The molecule has 4 aliphatic rings. The first-order valence-corrected chi connectivity index (χ1v) is 11.4. The minimum atomic E-state index is -0.434. The Morgan fingerprint density at radius 1 is 0.931 bits per heavy atom. The highest BCUT2D eigenvalue weighted by Crippen LogP contribution is 2.60. The van der Waals surface area contributed by atoms with Crippen molar-refractivity contribution in [1.29, 1.82) is 0 Å². The summed E-state index contributed by atoms with van der Waals surface area (Å²) in [6.07, 6.45) is 9.57. The van der Waals surface area contributed by atoms with Gasteiger partial charge in [0.1, 0.15) is 0 Å². The molecule has 1 aromatic rings. The van der Waals surface area contributed by atoms with Gasteiger partial charge in [0, 0.05) is 5.41 Å².